The fourth-order valence-electron chi connectivity index (χ4n) is 2.25. The molecule has 1 aliphatic rings. The lowest BCUT2D eigenvalue weighted by molar-refractivity contribution is -0.386. The van der Waals surface area contributed by atoms with Gasteiger partial charge >= 0.3 is 5.69 Å². The number of rotatable bonds is 5. The lowest BCUT2D eigenvalue weighted by Gasteiger charge is -2.10. The topological polar surface area (TPSA) is 125 Å². The maximum Gasteiger partial charge on any atom is 0.312 e. The van der Waals surface area contributed by atoms with Gasteiger partial charge in [0.1, 0.15) is 11.6 Å². The molecule has 126 valence electrons. The van der Waals surface area contributed by atoms with Crippen molar-refractivity contribution in [2.45, 2.75) is 18.9 Å². The van der Waals surface area contributed by atoms with Crippen molar-refractivity contribution in [3.8, 4) is 11.8 Å². The van der Waals surface area contributed by atoms with E-state index in [0.29, 0.717) is 13.2 Å². The van der Waals surface area contributed by atoms with Crippen LogP contribution in [0, 0.1) is 25.0 Å². The van der Waals surface area contributed by atoms with Gasteiger partial charge < -0.3 is 15.2 Å². The molecule has 1 amide bonds. The summed E-state index contributed by atoms with van der Waals surface area (Å²) in [5.41, 5.74) is -0.373. The quantitative estimate of drug-likeness (QED) is 0.236. The number of nitrogens with one attached hydrogen (secondary N) is 1. The summed E-state index contributed by atoms with van der Waals surface area (Å²) in [6.45, 7) is 0.974. The number of hydrogen-bond acceptors (Lipinski definition) is 6. The number of nitriles is 1. The van der Waals surface area contributed by atoms with Gasteiger partial charge in [0.25, 0.3) is 5.91 Å². The standard InChI is InChI=1S/C15H14IN3O5/c16-12-5-9(6-13(14(12)20)19(22)23)4-10(7-17)15(21)18-8-11-2-1-3-24-11/h4-6,11,20H,1-3,8H2,(H,18,21)/b10-4+/t11-/m1/s1. The van der Waals surface area contributed by atoms with Crippen LogP contribution in [-0.2, 0) is 9.53 Å². The summed E-state index contributed by atoms with van der Waals surface area (Å²) in [4.78, 5) is 22.3. The summed E-state index contributed by atoms with van der Waals surface area (Å²) in [6.07, 6.45) is 3.00. The van der Waals surface area contributed by atoms with E-state index in [2.05, 4.69) is 5.32 Å². The second kappa shape index (κ2) is 8.07. The fourth-order valence-corrected chi connectivity index (χ4v) is 2.89. The molecule has 0 aliphatic carbocycles. The van der Waals surface area contributed by atoms with E-state index in [1.54, 1.807) is 28.7 Å². The van der Waals surface area contributed by atoms with Crippen molar-refractivity contribution < 1.29 is 19.6 Å². The molecular formula is C15H14IN3O5. The lowest BCUT2D eigenvalue weighted by Crippen LogP contribution is -2.32. The van der Waals surface area contributed by atoms with Gasteiger partial charge in [-0.2, -0.15) is 5.26 Å². The maximum atomic E-state index is 12.1. The van der Waals surface area contributed by atoms with Crippen LogP contribution < -0.4 is 5.32 Å². The highest BCUT2D eigenvalue weighted by molar-refractivity contribution is 14.1. The van der Waals surface area contributed by atoms with Gasteiger partial charge in [0, 0.05) is 19.2 Å². The first-order valence-electron chi connectivity index (χ1n) is 7.11. The second-order valence-corrected chi connectivity index (χ2v) is 6.30. The Morgan fingerprint density at radius 1 is 1.62 bits per heavy atom. The van der Waals surface area contributed by atoms with Gasteiger partial charge in [-0.1, -0.05) is 0 Å². The van der Waals surface area contributed by atoms with E-state index >= 15 is 0 Å². The minimum atomic E-state index is -0.724. The highest BCUT2D eigenvalue weighted by Crippen LogP contribution is 2.32. The van der Waals surface area contributed by atoms with E-state index in [4.69, 9.17) is 10.00 Å². The van der Waals surface area contributed by atoms with Gasteiger partial charge in [-0.3, -0.25) is 14.9 Å². The average molecular weight is 443 g/mol. The molecule has 1 saturated heterocycles. The van der Waals surface area contributed by atoms with Crippen molar-refractivity contribution in [2.24, 2.45) is 0 Å². The van der Waals surface area contributed by atoms with Crippen molar-refractivity contribution in [3.05, 3.63) is 37.0 Å². The number of nitro benzene ring substituents is 1. The maximum absolute atomic E-state index is 12.1. The molecule has 1 heterocycles. The Hall–Kier alpha value is -2.19. The molecule has 9 heteroatoms. The number of ether oxygens (including phenoxy) is 1. The van der Waals surface area contributed by atoms with Crippen molar-refractivity contribution >= 4 is 40.3 Å². The zero-order chi connectivity index (χ0) is 17.7. The molecule has 1 aliphatic heterocycles. The Balaban J connectivity index is 2.18. The minimum absolute atomic E-state index is 0.0513. The summed E-state index contributed by atoms with van der Waals surface area (Å²) >= 11 is 1.74. The highest BCUT2D eigenvalue weighted by atomic mass is 127. The number of benzene rings is 1. The Bertz CT molecular complexity index is 735. The van der Waals surface area contributed by atoms with Crippen LogP contribution in [-0.4, -0.2) is 35.2 Å². The molecule has 1 aromatic carbocycles. The summed E-state index contributed by atoms with van der Waals surface area (Å²) in [6, 6.07) is 4.35. The number of nitro groups is 1. The van der Waals surface area contributed by atoms with Crippen molar-refractivity contribution in [2.75, 3.05) is 13.2 Å². The van der Waals surface area contributed by atoms with E-state index < -0.39 is 22.3 Å². The molecule has 0 aromatic heterocycles. The first kappa shape index (κ1) is 18.2. The molecule has 1 atom stereocenters. The summed E-state index contributed by atoms with van der Waals surface area (Å²) < 4.78 is 5.64. The van der Waals surface area contributed by atoms with Crippen LogP contribution in [0.25, 0.3) is 6.08 Å². The third-order valence-electron chi connectivity index (χ3n) is 3.45. The molecule has 0 unspecified atom stereocenters. The third-order valence-corrected chi connectivity index (χ3v) is 4.27. The van der Waals surface area contributed by atoms with E-state index in [1.807, 2.05) is 0 Å². The fraction of sp³-hybridized carbons (Fsp3) is 0.333. The zero-order valence-electron chi connectivity index (χ0n) is 12.5. The summed E-state index contributed by atoms with van der Waals surface area (Å²) in [5, 5.41) is 32.4. The second-order valence-electron chi connectivity index (χ2n) is 5.14. The Morgan fingerprint density at radius 2 is 2.38 bits per heavy atom. The zero-order valence-corrected chi connectivity index (χ0v) is 14.6. The Kier molecular flexibility index (Phi) is 6.10. The highest BCUT2D eigenvalue weighted by Gasteiger charge is 2.20. The van der Waals surface area contributed by atoms with Gasteiger partial charge in [0.15, 0.2) is 0 Å². The molecule has 2 N–H and O–H groups in total. The minimum Gasteiger partial charge on any atom is -0.501 e. The number of carbonyl (C=O) groups excluding carboxylic acids is 1. The lowest BCUT2D eigenvalue weighted by atomic mass is 10.1. The molecule has 24 heavy (non-hydrogen) atoms. The molecule has 0 bridgehead atoms. The van der Waals surface area contributed by atoms with Gasteiger partial charge in [-0.25, -0.2) is 0 Å². The van der Waals surface area contributed by atoms with Crippen LogP contribution in [0.1, 0.15) is 18.4 Å². The number of nitrogens with zero attached hydrogens (tertiary/aromatic N) is 2. The smallest absolute Gasteiger partial charge is 0.312 e. The third kappa shape index (κ3) is 4.42. The molecule has 2 rings (SSSR count). The van der Waals surface area contributed by atoms with E-state index in [9.17, 15) is 20.0 Å². The molecule has 1 fully saturated rings. The van der Waals surface area contributed by atoms with Gasteiger partial charge in [-0.05, 0) is 53.1 Å². The number of hydrogen-bond donors (Lipinski definition) is 2. The predicted molar refractivity (Wildman–Crippen MR) is 93.1 cm³/mol. The van der Waals surface area contributed by atoms with Crippen molar-refractivity contribution in [3.63, 3.8) is 0 Å². The number of aromatic hydroxyl groups is 1. The molecular weight excluding hydrogens is 429 g/mol. The molecule has 8 nitrogen and oxygen atoms in total. The molecule has 0 saturated carbocycles. The summed E-state index contributed by atoms with van der Waals surface area (Å²) in [5.74, 6) is -1.02. The van der Waals surface area contributed by atoms with Gasteiger partial charge in [0.2, 0.25) is 5.75 Å². The monoisotopic (exact) mass is 443 g/mol. The van der Waals surface area contributed by atoms with Crippen LogP contribution in [0.15, 0.2) is 17.7 Å². The normalized spacial score (nSPS) is 17.3. The van der Waals surface area contributed by atoms with Crippen LogP contribution in [0.5, 0.6) is 5.75 Å². The summed E-state index contributed by atoms with van der Waals surface area (Å²) in [7, 11) is 0. The molecule has 0 radical (unpaired) electrons. The van der Waals surface area contributed by atoms with Crippen LogP contribution in [0.3, 0.4) is 0 Å². The van der Waals surface area contributed by atoms with Gasteiger partial charge in [-0.15, -0.1) is 0 Å². The number of phenols is 1. The van der Waals surface area contributed by atoms with Crippen molar-refractivity contribution in [1.29, 1.82) is 5.26 Å². The predicted octanol–water partition coefficient (Wildman–Crippen LogP) is 2.11. The first-order valence-corrected chi connectivity index (χ1v) is 8.18. The Labute approximate surface area is 151 Å². The average Bonchev–Trinajstić information content (AvgIpc) is 3.06. The number of halogens is 1. The van der Waals surface area contributed by atoms with E-state index in [-0.39, 0.29) is 20.8 Å². The molecule has 0 spiro atoms. The van der Waals surface area contributed by atoms with Crippen LogP contribution in [0.4, 0.5) is 5.69 Å². The number of carbonyl (C=O) groups is 1. The van der Waals surface area contributed by atoms with E-state index in [0.717, 1.165) is 18.9 Å². The van der Waals surface area contributed by atoms with Crippen molar-refractivity contribution in [1.82, 2.24) is 5.32 Å². The molecule has 1 aromatic rings. The van der Waals surface area contributed by atoms with Crippen LogP contribution >= 0.6 is 22.6 Å². The van der Waals surface area contributed by atoms with Gasteiger partial charge in [0.05, 0.1) is 14.6 Å². The number of phenolic OH excluding ortho intramolecular Hbond substituents is 1. The Morgan fingerprint density at radius 3 is 2.96 bits per heavy atom. The largest absolute Gasteiger partial charge is 0.501 e. The van der Waals surface area contributed by atoms with E-state index in [1.165, 1.54) is 12.1 Å². The first-order chi connectivity index (χ1) is 11.4. The SMILES string of the molecule is N#C/C(=C\c1cc(I)c(O)c([N+](=O)[O-])c1)C(=O)NC[C@H]1CCCO1. The number of amides is 1. The van der Waals surface area contributed by atoms with Crippen LogP contribution in [0.2, 0.25) is 0 Å².